The lowest BCUT2D eigenvalue weighted by Crippen LogP contribution is -2.31. The Hall–Kier alpha value is -2.75. The van der Waals surface area contributed by atoms with Gasteiger partial charge in [0.25, 0.3) is 0 Å². The second kappa shape index (κ2) is 7.10. The standard InChI is InChI=1S/C23H26N2O2/c1-24(2)23(26)19-11-7-10-18-20-14-17(27-3)12-13-21(20)25(22(18)19)15-16-8-5-4-6-9-16/h4-6,8-9,12-14,19H,7,10-11,15H2,1-3H3. The highest BCUT2D eigenvalue weighted by molar-refractivity contribution is 5.92. The molecule has 4 nitrogen and oxygen atoms in total. The van der Waals surface area contributed by atoms with Crippen molar-refractivity contribution in [3.05, 3.63) is 65.4 Å². The first-order valence-electron chi connectivity index (χ1n) is 9.54. The molecule has 0 saturated carbocycles. The molecule has 0 bridgehead atoms. The number of nitrogens with zero attached hydrogens (tertiary/aromatic N) is 2. The zero-order valence-electron chi connectivity index (χ0n) is 16.2. The minimum absolute atomic E-state index is 0.0779. The van der Waals surface area contributed by atoms with Crippen LogP contribution in [-0.2, 0) is 17.8 Å². The maximum atomic E-state index is 13.0. The molecular formula is C23H26N2O2. The topological polar surface area (TPSA) is 34.5 Å². The molecule has 1 atom stereocenters. The van der Waals surface area contributed by atoms with E-state index in [-0.39, 0.29) is 11.8 Å². The number of hydrogen-bond acceptors (Lipinski definition) is 2. The second-order valence-electron chi connectivity index (χ2n) is 7.50. The highest BCUT2D eigenvalue weighted by Gasteiger charge is 2.33. The average Bonchev–Trinajstić information content (AvgIpc) is 3.01. The van der Waals surface area contributed by atoms with Crippen molar-refractivity contribution in [3.8, 4) is 5.75 Å². The SMILES string of the molecule is COc1ccc2c(c1)c1c(n2Cc2ccccc2)C(C(=O)N(C)C)CCC1. The van der Waals surface area contributed by atoms with E-state index in [0.29, 0.717) is 0 Å². The van der Waals surface area contributed by atoms with Crippen molar-refractivity contribution in [2.75, 3.05) is 21.2 Å². The van der Waals surface area contributed by atoms with Crippen LogP contribution in [0.15, 0.2) is 48.5 Å². The van der Waals surface area contributed by atoms with Crippen molar-refractivity contribution in [1.82, 2.24) is 9.47 Å². The molecule has 0 N–H and O–H groups in total. The Labute approximate surface area is 160 Å². The number of methoxy groups -OCH3 is 1. The highest BCUT2D eigenvalue weighted by atomic mass is 16.5. The quantitative estimate of drug-likeness (QED) is 0.697. The van der Waals surface area contributed by atoms with Crippen molar-refractivity contribution < 1.29 is 9.53 Å². The van der Waals surface area contributed by atoms with Crippen LogP contribution >= 0.6 is 0 Å². The van der Waals surface area contributed by atoms with Crippen LogP contribution in [0.1, 0.15) is 35.6 Å². The van der Waals surface area contributed by atoms with Crippen LogP contribution in [0.4, 0.5) is 0 Å². The summed E-state index contributed by atoms with van der Waals surface area (Å²) in [5.41, 5.74) is 4.93. The molecule has 1 aromatic heterocycles. The lowest BCUT2D eigenvalue weighted by Gasteiger charge is -2.27. The van der Waals surface area contributed by atoms with E-state index in [2.05, 4.69) is 41.0 Å². The average molecular weight is 362 g/mol. The molecule has 0 spiro atoms. The first-order valence-corrected chi connectivity index (χ1v) is 9.54. The van der Waals surface area contributed by atoms with E-state index < -0.39 is 0 Å². The third kappa shape index (κ3) is 3.09. The van der Waals surface area contributed by atoms with Crippen LogP contribution in [0, 0.1) is 0 Å². The third-order valence-corrected chi connectivity index (χ3v) is 5.59. The van der Waals surface area contributed by atoms with E-state index in [1.807, 2.05) is 26.2 Å². The summed E-state index contributed by atoms with van der Waals surface area (Å²) in [4.78, 5) is 14.7. The molecule has 2 aromatic carbocycles. The van der Waals surface area contributed by atoms with Crippen molar-refractivity contribution >= 4 is 16.8 Å². The van der Waals surface area contributed by atoms with Crippen molar-refractivity contribution in [2.24, 2.45) is 0 Å². The number of fused-ring (bicyclic) bond motifs is 3. The zero-order chi connectivity index (χ0) is 19.0. The molecule has 1 unspecified atom stereocenters. The Balaban J connectivity index is 1.93. The predicted molar refractivity (Wildman–Crippen MR) is 108 cm³/mol. The smallest absolute Gasteiger partial charge is 0.231 e. The molecule has 1 aliphatic rings. The summed E-state index contributed by atoms with van der Waals surface area (Å²) in [5, 5.41) is 1.22. The molecule has 0 saturated heterocycles. The number of likely N-dealkylation sites (N-methyl/N-ethyl adjacent to an activating group) is 1. The molecule has 27 heavy (non-hydrogen) atoms. The lowest BCUT2D eigenvalue weighted by atomic mass is 9.85. The maximum Gasteiger partial charge on any atom is 0.231 e. The summed E-state index contributed by atoms with van der Waals surface area (Å²) in [6.07, 6.45) is 2.96. The zero-order valence-corrected chi connectivity index (χ0v) is 16.2. The van der Waals surface area contributed by atoms with Crippen molar-refractivity contribution in [3.63, 3.8) is 0 Å². The van der Waals surface area contributed by atoms with Gasteiger partial charge in [0.1, 0.15) is 5.75 Å². The van der Waals surface area contributed by atoms with Gasteiger partial charge in [0, 0.05) is 37.2 Å². The summed E-state index contributed by atoms with van der Waals surface area (Å²) < 4.78 is 7.82. The molecule has 1 amide bonds. The molecule has 140 valence electrons. The van der Waals surface area contributed by atoms with Gasteiger partial charge in [-0.2, -0.15) is 0 Å². The Morgan fingerprint density at radius 2 is 1.96 bits per heavy atom. The number of carbonyl (C=O) groups is 1. The first kappa shape index (κ1) is 17.7. The number of ether oxygens (including phenoxy) is 1. The molecular weight excluding hydrogens is 336 g/mol. The Morgan fingerprint density at radius 1 is 1.19 bits per heavy atom. The second-order valence-corrected chi connectivity index (χ2v) is 7.50. The van der Waals surface area contributed by atoms with Gasteiger partial charge in [0.2, 0.25) is 5.91 Å². The van der Waals surface area contributed by atoms with E-state index in [0.717, 1.165) is 31.6 Å². The number of benzene rings is 2. The van der Waals surface area contributed by atoms with Crippen LogP contribution in [0.3, 0.4) is 0 Å². The van der Waals surface area contributed by atoms with Crippen molar-refractivity contribution in [2.45, 2.75) is 31.7 Å². The molecule has 1 heterocycles. The van der Waals surface area contributed by atoms with Crippen LogP contribution in [-0.4, -0.2) is 36.6 Å². The lowest BCUT2D eigenvalue weighted by molar-refractivity contribution is -0.130. The van der Waals surface area contributed by atoms with Gasteiger partial charge in [-0.05, 0) is 48.6 Å². The van der Waals surface area contributed by atoms with Crippen LogP contribution < -0.4 is 4.74 Å². The van der Waals surface area contributed by atoms with E-state index in [1.165, 1.54) is 27.7 Å². The summed E-state index contributed by atoms with van der Waals surface area (Å²) in [7, 11) is 5.40. The summed E-state index contributed by atoms with van der Waals surface area (Å²) in [5.74, 6) is 0.981. The number of carbonyl (C=O) groups excluding carboxylic acids is 1. The molecule has 0 radical (unpaired) electrons. The number of aryl methyl sites for hydroxylation is 1. The number of aromatic nitrogens is 1. The molecule has 0 fully saturated rings. The first-order chi connectivity index (χ1) is 13.1. The summed E-state index contributed by atoms with van der Waals surface area (Å²) >= 11 is 0. The maximum absolute atomic E-state index is 13.0. The van der Waals surface area contributed by atoms with E-state index in [1.54, 1.807) is 12.0 Å². The van der Waals surface area contributed by atoms with Gasteiger partial charge in [-0.25, -0.2) is 0 Å². The fourth-order valence-electron chi connectivity index (χ4n) is 4.32. The Bertz CT molecular complexity index is 973. The van der Waals surface area contributed by atoms with E-state index >= 15 is 0 Å². The molecule has 4 heteroatoms. The third-order valence-electron chi connectivity index (χ3n) is 5.59. The fraction of sp³-hybridized carbons (Fsp3) is 0.348. The van der Waals surface area contributed by atoms with Gasteiger partial charge >= 0.3 is 0 Å². The molecule has 3 aromatic rings. The fourth-order valence-corrected chi connectivity index (χ4v) is 4.32. The Kier molecular flexibility index (Phi) is 4.65. The predicted octanol–water partition coefficient (Wildman–Crippen LogP) is 4.21. The van der Waals surface area contributed by atoms with Gasteiger partial charge in [0.15, 0.2) is 0 Å². The van der Waals surface area contributed by atoms with Gasteiger partial charge < -0.3 is 14.2 Å². The monoisotopic (exact) mass is 362 g/mol. The van der Waals surface area contributed by atoms with Gasteiger partial charge in [-0.3, -0.25) is 4.79 Å². The Morgan fingerprint density at radius 3 is 2.67 bits per heavy atom. The van der Waals surface area contributed by atoms with Crippen LogP contribution in [0.5, 0.6) is 5.75 Å². The number of rotatable bonds is 4. The van der Waals surface area contributed by atoms with E-state index in [9.17, 15) is 4.79 Å². The minimum atomic E-state index is -0.0779. The molecule has 1 aliphatic carbocycles. The highest BCUT2D eigenvalue weighted by Crippen LogP contribution is 2.40. The largest absolute Gasteiger partial charge is 0.497 e. The van der Waals surface area contributed by atoms with Crippen LogP contribution in [0.25, 0.3) is 10.9 Å². The van der Waals surface area contributed by atoms with Gasteiger partial charge in [-0.1, -0.05) is 30.3 Å². The number of amides is 1. The minimum Gasteiger partial charge on any atom is -0.497 e. The van der Waals surface area contributed by atoms with Crippen LogP contribution in [0.2, 0.25) is 0 Å². The van der Waals surface area contributed by atoms with Gasteiger partial charge in [-0.15, -0.1) is 0 Å². The van der Waals surface area contributed by atoms with Gasteiger partial charge in [0.05, 0.1) is 13.0 Å². The van der Waals surface area contributed by atoms with E-state index in [4.69, 9.17) is 4.74 Å². The molecule has 0 aliphatic heterocycles. The normalized spacial score (nSPS) is 16.2. The summed E-state index contributed by atoms with van der Waals surface area (Å²) in [6.45, 7) is 0.774. The molecule has 4 rings (SSSR count). The summed E-state index contributed by atoms with van der Waals surface area (Å²) in [6, 6.07) is 16.7. The number of hydrogen-bond donors (Lipinski definition) is 0. The van der Waals surface area contributed by atoms with Crippen molar-refractivity contribution in [1.29, 1.82) is 0 Å².